The number of unbranched alkanes of at least 4 members (excludes halogenated alkanes) is 1. The van der Waals surface area contributed by atoms with E-state index >= 15 is 0 Å². The molecular formula is C37H57N11O9S. The summed E-state index contributed by atoms with van der Waals surface area (Å²) in [6, 6.07) is 4.01. The van der Waals surface area contributed by atoms with Crippen LogP contribution in [0.25, 0.3) is 0 Å². The number of hydrogen-bond donors (Lipinski definition) is 14. The molecule has 0 saturated heterocycles. The van der Waals surface area contributed by atoms with Crippen molar-refractivity contribution < 1.29 is 44.1 Å². The first-order valence-corrected chi connectivity index (χ1v) is 19.3. The average Bonchev–Trinajstić information content (AvgIpc) is 3.18. The lowest BCUT2D eigenvalue weighted by molar-refractivity contribution is -0.142. The number of phenolic OH excluding ortho intramolecular Hbond substituents is 2. The molecule has 0 radical (unpaired) electrons. The van der Waals surface area contributed by atoms with Crippen LogP contribution in [0.1, 0.15) is 49.7 Å². The molecule has 0 aromatic heterocycles. The number of guanidine groups is 1. The maximum atomic E-state index is 14.0. The zero-order valence-electron chi connectivity index (χ0n) is 32.1. The fourth-order valence-corrected chi connectivity index (χ4v) is 5.81. The highest BCUT2D eigenvalue weighted by atomic mass is 32.1. The lowest BCUT2D eigenvalue weighted by Crippen LogP contribution is -2.60. The predicted octanol–water partition coefficient (Wildman–Crippen LogP) is -2.82. The van der Waals surface area contributed by atoms with Crippen LogP contribution in [0.2, 0.25) is 0 Å². The summed E-state index contributed by atoms with van der Waals surface area (Å²) < 4.78 is 0. The molecule has 0 aliphatic heterocycles. The molecule has 5 amide bonds. The Labute approximate surface area is 341 Å². The van der Waals surface area contributed by atoms with Gasteiger partial charge in [0.05, 0.1) is 6.04 Å². The molecule has 0 heterocycles. The molecule has 0 spiro atoms. The lowest BCUT2D eigenvalue weighted by atomic mass is 10.0. The molecular weight excluding hydrogens is 775 g/mol. The molecule has 0 bridgehead atoms. The highest BCUT2D eigenvalue weighted by Gasteiger charge is 2.33. The SMILES string of the molecule is NCCCC[C@H](NC(=O)[C@@H](N)CCN)C(=O)N[C@@H](CS)C(=O)N[C@@H](Cc1ccc(O)cc1)C(=O)N[C@@H](CCCN=C(N)N)C(=O)N[C@@H](Cc1ccc(O)cc1)C(=O)O. The van der Waals surface area contributed by atoms with Crippen molar-refractivity contribution in [3.63, 3.8) is 0 Å². The number of aliphatic carboxylic acids is 1. The number of amides is 5. The van der Waals surface area contributed by atoms with E-state index in [1.807, 2.05) is 0 Å². The fraction of sp³-hybridized carbons (Fsp3) is 0.486. The van der Waals surface area contributed by atoms with Crippen LogP contribution in [0.5, 0.6) is 11.5 Å². The molecule has 0 saturated carbocycles. The lowest BCUT2D eigenvalue weighted by Gasteiger charge is -2.27. The minimum absolute atomic E-state index is 0.0319. The van der Waals surface area contributed by atoms with Crippen molar-refractivity contribution in [1.82, 2.24) is 26.6 Å². The quantitative estimate of drug-likeness (QED) is 0.0197. The monoisotopic (exact) mass is 831 g/mol. The van der Waals surface area contributed by atoms with Crippen molar-refractivity contribution in [3.05, 3.63) is 59.7 Å². The summed E-state index contributed by atoms with van der Waals surface area (Å²) in [4.78, 5) is 83.7. The Morgan fingerprint density at radius 1 is 0.586 bits per heavy atom. The number of nitrogens with zero attached hydrogens (tertiary/aromatic N) is 1. The van der Waals surface area contributed by atoms with Crippen LogP contribution in [0.15, 0.2) is 53.5 Å². The van der Waals surface area contributed by atoms with Crippen molar-refractivity contribution >= 4 is 54.1 Å². The van der Waals surface area contributed by atoms with Gasteiger partial charge in [-0.1, -0.05) is 24.3 Å². The van der Waals surface area contributed by atoms with E-state index in [2.05, 4.69) is 44.2 Å². The molecule has 0 fully saturated rings. The number of nitrogens with two attached hydrogens (primary N) is 5. The Morgan fingerprint density at radius 2 is 1.02 bits per heavy atom. The third-order valence-corrected chi connectivity index (χ3v) is 9.15. The smallest absolute Gasteiger partial charge is 0.326 e. The summed E-state index contributed by atoms with van der Waals surface area (Å²) in [5.74, 6) is -5.73. The zero-order chi connectivity index (χ0) is 43.2. The topological polar surface area (TPSA) is 366 Å². The number of hydrogen-bond acceptors (Lipinski definition) is 13. The first kappa shape index (κ1) is 48.5. The molecule has 0 aliphatic rings. The molecule has 320 valence electrons. The van der Waals surface area contributed by atoms with Gasteiger partial charge in [0.15, 0.2) is 5.96 Å². The Morgan fingerprint density at radius 3 is 1.50 bits per heavy atom. The highest BCUT2D eigenvalue weighted by molar-refractivity contribution is 7.80. The van der Waals surface area contributed by atoms with Crippen LogP contribution in [0.3, 0.4) is 0 Å². The molecule has 0 aliphatic carbocycles. The summed E-state index contributed by atoms with van der Waals surface area (Å²) in [7, 11) is 0. The van der Waals surface area contributed by atoms with E-state index in [1.54, 1.807) is 0 Å². The maximum Gasteiger partial charge on any atom is 0.326 e. The van der Waals surface area contributed by atoms with Crippen LogP contribution in [-0.4, -0.2) is 118 Å². The summed E-state index contributed by atoms with van der Waals surface area (Å²) in [6.45, 7) is 0.563. The van der Waals surface area contributed by atoms with E-state index in [0.717, 1.165) is 0 Å². The van der Waals surface area contributed by atoms with E-state index in [9.17, 15) is 44.1 Å². The normalized spacial score (nSPS) is 14.0. The van der Waals surface area contributed by atoms with E-state index < -0.39 is 71.8 Å². The van der Waals surface area contributed by atoms with Gasteiger partial charge in [-0.25, -0.2) is 4.79 Å². The zero-order valence-corrected chi connectivity index (χ0v) is 33.0. The van der Waals surface area contributed by atoms with Crippen LogP contribution >= 0.6 is 12.6 Å². The number of carboxylic acid groups (broad SMARTS) is 1. The van der Waals surface area contributed by atoms with Gasteiger partial charge in [0, 0.05) is 25.1 Å². The van der Waals surface area contributed by atoms with Crippen molar-refractivity contribution in [2.45, 2.75) is 87.6 Å². The molecule has 58 heavy (non-hydrogen) atoms. The first-order chi connectivity index (χ1) is 27.6. The van der Waals surface area contributed by atoms with Crippen molar-refractivity contribution in [2.24, 2.45) is 33.7 Å². The van der Waals surface area contributed by atoms with Crippen molar-refractivity contribution in [3.8, 4) is 11.5 Å². The predicted molar refractivity (Wildman–Crippen MR) is 219 cm³/mol. The number of rotatable bonds is 26. The summed E-state index contributed by atoms with van der Waals surface area (Å²) >= 11 is 4.25. The second kappa shape index (κ2) is 25.6. The minimum Gasteiger partial charge on any atom is -0.508 e. The average molecular weight is 832 g/mol. The molecule has 0 unspecified atom stereocenters. The third-order valence-electron chi connectivity index (χ3n) is 8.79. The summed E-state index contributed by atoms with van der Waals surface area (Å²) in [5, 5.41) is 42.2. The summed E-state index contributed by atoms with van der Waals surface area (Å²) in [5.41, 5.74) is 28.9. The molecule has 20 nitrogen and oxygen atoms in total. The largest absolute Gasteiger partial charge is 0.508 e. The Bertz CT molecular complexity index is 1680. The van der Waals surface area contributed by atoms with E-state index in [-0.39, 0.29) is 74.8 Å². The van der Waals surface area contributed by atoms with Gasteiger partial charge in [-0.2, -0.15) is 12.6 Å². The number of benzene rings is 2. The van der Waals surface area contributed by atoms with Gasteiger partial charge in [-0.05, 0) is 87.0 Å². The second-order valence-electron chi connectivity index (χ2n) is 13.5. The van der Waals surface area contributed by atoms with Crippen molar-refractivity contribution in [2.75, 3.05) is 25.4 Å². The Balaban J connectivity index is 2.37. The van der Waals surface area contributed by atoms with Gasteiger partial charge in [0.2, 0.25) is 29.5 Å². The van der Waals surface area contributed by atoms with Gasteiger partial charge in [0.1, 0.15) is 41.7 Å². The number of carbonyl (C=O) groups excluding carboxylic acids is 5. The highest BCUT2D eigenvalue weighted by Crippen LogP contribution is 2.14. The van der Waals surface area contributed by atoms with E-state index in [4.69, 9.17) is 28.7 Å². The second-order valence-corrected chi connectivity index (χ2v) is 13.9. The van der Waals surface area contributed by atoms with Crippen LogP contribution in [0, 0.1) is 0 Å². The van der Waals surface area contributed by atoms with Gasteiger partial charge in [-0.3, -0.25) is 29.0 Å². The van der Waals surface area contributed by atoms with Crippen molar-refractivity contribution in [1.29, 1.82) is 0 Å². The van der Waals surface area contributed by atoms with E-state index in [1.165, 1.54) is 48.5 Å². The van der Waals surface area contributed by atoms with Gasteiger partial charge >= 0.3 is 5.97 Å². The maximum absolute atomic E-state index is 14.0. The fourth-order valence-electron chi connectivity index (χ4n) is 5.55. The molecule has 21 heteroatoms. The minimum atomic E-state index is -1.43. The number of thiol groups is 1. The number of aromatic hydroxyl groups is 2. The van der Waals surface area contributed by atoms with Gasteiger partial charge in [-0.15, -0.1) is 0 Å². The molecule has 2 aromatic rings. The van der Waals surface area contributed by atoms with E-state index in [0.29, 0.717) is 30.5 Å². The standard InChI is InChI=1S/C37H57N11O9S/c38-15-2-1-4-26(44-31(51)25(40)14-16-39)33(53)48-30(20-58)35(55)46-28(18-21-6-10-23(49)11-7-21)34(54)45-27(5-3-17-43-37(41)42)32(52)47-29(36(56)57)19-22-8-12-24(50)13-9-22/h6-13,25-30,49-50,58H,1-5,14-20,38-40H2,(H,44,51)(H,45,54)(H,46,55)(H,47,52)(H,48,53)(H,56,57)(H4,41,42,43)/t25-,26-,27-,28-,29-,30-/m0/s1. The number of phenols is 2. The summed E-state index contributed by atoms with van der Waals surface area (Å²) in [6.07, 6.45) is 1.21. The first-order valence-electron chi connectivity index (χ1n) is 18.7. The van der Waals surface area contributed by atoms with Crippen LogP contribution in [-0.2, 0) is 41.6 Å². The Hall–Kier alpha value is -5.64. The van der Waals surface area contributed by atoms with Gasteiger partial charge in [0.25, 0.3) is 0 Å². The number of aliphatic imine (C=N–C) groups is 1. The molecule has 2 rings (SSSR count). The number of carbonyl (C=O) groups is 6. The van der Waals surface area contributed by atoms with Crippen LogP contribution in [0.4, 0.5) is 0 Å². The van der Waals surface area contributed by atoms with Gasteiger partial charge < -0.3 is 70.6 Å². The molecule has 6 atom stereocenters. The third kappa shape index (κ3) is 17.7. The Kier molecular flexibility index (Phi) is 21.4. The number of carboxylic acids is 1. The molecule has 18 N–H and O–H groups in total. The molecule has 2 aromatic carbocycles. The number of nitrogens with one attached hydrogen (secondary N) is 5. The van der Waals surface area contributed by atoms with Crippen LogP contribution < -0.4 is 55.3 Å².